The zero-order valence-electron chi connectivity index (χ0n) is 11.7. The van der Waals surface area contributed by atoms with Gasteiger partial charge in [0.15, 0.2) is 0 Å². The Kier molecular flexibility index (Phi) is 4.92. The number of ether oxygens (including phenoxy) is 1. The summed E-state index contributed by atoms with van der Waals surface area (Å²) < 4.78 is 30.4. The van der Waals surface area contributed by atoms with Crippen molar-refractivity contribution in [1.82, 2.24) is 9.29 Å². The van der Waals surface area contributed by atoms with Crippen LogP contribution < -0.4 is 0 Å². The average molecular weight is 314 g/mol. The van der Waals surface area contributed by atoms with E-state index in [-0.39, 0.29) is 25.1 Å². The molecule has 1 aromatic heterocycles. The third kappa shape index (κ3) is 3.78. The molecule has 21 heavy (non-hydrogen) atoms. The van der Waals surface area contributed by atoms with Gasteiger partial charge >= 0.3 is 5.97 Å². The van der Waals surface area contributed by atoms with E-state index in [0.29, 0.717) is 5.69 Å². The number of esters is 1. The number of aromatic nitrogens is 1. The number of aliphatic hydroxyl groups excluding tert-OH is 1. The van der Waals surface area contributed by atoms with Crippen molar-refractivity contribution < 1.29 is 23.1 Å². The normalized spacial score (nSPS) is 23.1. The molecule has 8 heteroatoms. The Bertz CT molecular complexity index is 590. The van der Waals surface area contributed by atoms with Crippen LogP contribution >= 0.6 is 0 Å². The lowest BCUT2D eigenvalue weighted by atomic mass is 10.2. The Labute approximate surface area is 123 Å². The first-order chi connectivity index (χ1) is 9.94. The summed E-state index contributed by atoms with van der Waals surface area (Å²) >= 11 is 0. The van der Waals surface area contributed by atoms with E-state index in [9.17, 15) is 18.3 Å². The Morgan fingerprint density at radius 1 is 1.52 bits per heavy atom. The van der Waals surface area contributed by atoms with Crippen molar-refractivity contribution in [1.29, 1.82) is 0 Å². The third-order valence-electron chi connectivity index (χ3n) is 3.41. The van der Waals surface area contributed by atoms with E-state index in [1.807, 2.05) is 0 Å². The lowest BCUT2D eigenvalue weighted by Crippen LogP contribution is -2.42. The van der Waals surface area contributed by atoms with E-state index in [2.05, 4.69) is 9.72 Å². The van der Waals surface area contributed by atoms with Crippen LogP contribution in [-0.2, 0) is 26.0 Å². The van der Waals surface area contributed by atoms with E-state index in [0.717, 1.165) is 4.31 Å². The molecule has 1 aromatic rings. The highest BCUT2D eigenvalue weighted by Crippen LogP contribution is 2.23. The van der Waals surface area contributed by atoms with Crippen LogP contribution in [0.15, 0.2) is 24.4 Å². The maximum Gasteiger partial charge on any atom is 0.324 e. The molecule has 116 valence electrons. The quantitative estimate of drug-likeness (QED) is 0.740. The number of sulfonamides is 1. The van der Waals surface area contributed by atoms with Gasteiger partial charge < -0.3 is 9.84 Å². The first-order valence-electron chi connectivity index (χ1n) is 6.59. The number of rotatable bonds is 5. The minimum absolute atomic E-state index is 0.0650. The Morgan fingerprint density at radius 3 is 2.90 bits per heavy atom. The Morgan fingerprint density at radius 2 is 2.29 bits per heavy atom. The van der Waals surface area contributed by atoms with E-state index in [1.165, 1.54) is 7.11 Å². The first-order valence-corrected chi connectivity index (χ1v) is 8.20. The summed E-state index contributed by atoms with van der Waals surface area (Å²) in [5, 5.41) is 9.64. The molecular weight excluding hydrogens is 296 g/mol. The van der Waals surface area contributed by atoms with Crippen LogP contribution in [0.3, 0.4) is 0 Å². The molecule has 1 N–H and O–H groups in total. The largest absolute Gasteiger partial charge is 0.468 e. The van der Waals surface area contributed by atoms with Crippen LogP contribution in [0.5, 0.6) is 0 Å². The van der Waals surface area contributed by atoms with E-state index in [4.69, 9.17) is 0 Å². The topological polar surface area (TPSA) is 96.8 Å². The lowest BCUT2D eigenvalue weighted by Gasteiger charge is -2.21. The minimum Gasteiger partial charge on any atom is -0.468 e. The fourth-order valence-electron chi connectivity index (χ4n) is 2.34. The summed E-state index contributed by atoms with van der Waals surface area (Å²) in [6.45, 7) is -0.0790. The highest BCUT2D eigenvalue weighted by molar-refractivity contribution is 7.89. The van der Waals surface area contributed by atoms with Crippen molar-refractivity contribution in [2.45, 2.75) is 25.0 Å². The summed E-state index contributed by atoms with van der Waals surface area (Å²) in [6.07, 6.45) is 1.07. The molecule has 1 saturated heterocycles. The molecular formula is C13H18N2O5S. The van der Waals surface area contributed by atoms with Crippen molar-refractivity contribution in [2.24, 2.45) is 0 Å². The molecule has 2 rings (SSSR count). The second kappa shape index (κ2) is 6.50. The second-order valence-electron chi connectivity index (χ2n) is 4.89. The molecule has 1 aliphatic rings. The standard InChI is InChI=1S/C13H18N2O5S/c1-20-13(17)12-8-11(16)9-15(12)21(18,19)7-5-10-4-2-3-6-14-10/h2-4,6,11-12,16H,5,7-9H2,1H3. The second-order valence-corrected chi connectivity index (χ2v) is 6.93. The molecule has 2 heterocycles. The van der Waals surface area contributed by atoms with Gasteiger partial charge in [-0.05, 0) is 12.1 Å². The van der Waals surface area contributed by atoms with Crippen molar-refractivity contribution in [2.75, 3.05) is 19.4 Å². The number of hydrogen-bond donors (Lipinski definition) is 1. The van der Waals surface area contributed by atoms with Crippen LogP contribution in [0.25, 0.3) is 0 Å². The highest BCUT2D eigenvalue weighted by atomic mass is 32.2. The molecule has 0 spiro atoms. The number of β-amino-alcohol motifs (C(OH)–C–C–N with tert-alkyl or cyclic N) is 1. The highest BCUT2D eigenvalue weighted by Gasteiger charge is 2.43. The molecule has 0 aliphatic carbocycles. The lowest BCUT2D eigenvalue weighted by molar-refractivity contribution is -0.144. The van der Waals surface area contributed by atoms with Gasteiger partial charge in [-0.1, -0.05) is 6.07 Å². The van der Waals surface area contributed by atoms with Gasteiger partial charge in [0, 0.05) is 31.3 Å². The van der Waals surface area contributed by atoms with Crippen LogP contribution in [0.4, 0.5) is 0 Å². The Balaban J connectivity index is 2.09. The van der Waals surface area contributed by atoms with Crippen molar-refractivity contribution in [3.8, 4) is 0 Å². The molecule has 2 atom stereocenters. The van der Waals surface area contributed by atoms with Crippen molar-refractivity contribution in [3.63, 3.8) is 0 Å². The maximum atomic E-state index is 12.4. The molecule has 1 fully saturated rings. The Hall–Kier alpha value is -1.51. The number of aliphatic hydroxyl groups is 1. The monoisotopic (exact) mass is 314 g/mol. The van der Waals surface area contributed by atoms with Gasteiger partial charge in [-0.25, -0.2) is 8.42 Å². The van der Waals surface area contributed by atoms with Gasteiger partial charge in [0.1, 0.15) is 6.04 Å². The molecule has 0 amide bonds. The van der Waals surface area contributed by atoms with Crippen LogP contribution in [0.2, 0.25) is 0 Å². The van der Waals surface area contributed by atoms with Gasteiger partial charge in [0.05, 0.1) is 19.0 Å². The zero-order valence-corrected chi connectivity index (χ0v) is 12.5. The zero-order chi connectivity index (χ0) is 15.5. The summed E-state index contributed by atoms with van der Waals surface area (Å²) in [6, 6.07) is 4.33. The molecule has 0 bridgehead atoms. The third-order valence-corrected chi connectivity index (χ3v) is 5.24. The predicted molar refractivity (Wildman–Crippen MR) is 74.9 cm³/mol. The minimum atomic E-state index is -3.66. The number of carbonyl (C=O) groups is 1. The summed E-state index contributed by atoms with van der Waals surface area (Å²) in [4.78, 5) is 15.7. The maximum absolute atomic E-state index is 12.4. The molecule has 0 radical (unpaired) electrons. The van der Waals surface area contributed by atoms with E-state index >= 15 is 0 Å². The van der Waals surface area contributed by atoms with Gasteiger partial charge in [-0.15, -0.1) is 0 Å². The first kappa shape index (κ1) is 15.9. The van der Waals surface area contributed by atoms with Gasteiger partial charge in [-0.3, -0.25) is 9.78 Å². The van der Waals surface area contributed by atoms with E-state index in [1.54, 1.807) is 24.4 Å². The number of methoxy groups -OCH3 is 1. The molecule has 0 aromatic carbocycles. The van der Waals surface area contributed by atoms with Crippen LogP contribution in [0, 0.1) is 0 Å². The summed E-state index contributed by atoms with van der Waals surface area (Å²) in [5.41, 5.74) is 0.662. The van der Waals surface area contributed by atoms with Crippen molar-refractivity contribution >= 4 is 16.0 Å². The molecule has 0 saturated carbocycles. The smallest absolute Gasteiger partial charge is 0.324 e. The molecule has 1 aliphatic heterocycles. The number of pyridine rings is 1. The SMILES string of the molecule is COC(=O)C1CC(O)CN1S(=O)(=O)CCc1ccccn1. The summed E-state index contributed by atoms with van der Waals surface area (Å²) in [7, 11) is -2.46. The van der Waals surface area contributed by atoms with Crippen LogP contribution in [-0.4, -0.2) is 60.3 Å². The number of aryl methyl sites for hydroxylation is 1. The fraction of sp³-hybridized carbons (Fsp3) is 0.538. The fourth-order valence-corrected chi connectivity index (χ4v) is 4.00. The van der Waals surface area contributed by atoms with Gasteiger partial charge in [0.25, 0.3) is 0 Å². The number of nitrogens with zero attached hydrogens (tertiary/aromatic N) is 2. The average Bonchev–Trinajstić information content (AvgIpc) is 2.88. The summed E-state index contributed by atoms with van der Waals surface area (Å²) in [5.74, 6) is -0.808. The number of carbonyl (C=O) groups excluding carboxylic acids is 1. The van der Waals surface area contributed by atoms with E-state index < -0.39 is 28.1 Å². The molecule has 2 unspecified atom stereocenters. The molecule has 7 nitrogen and oxygen atoms in total. The number of hydrogen-bond acceptors (Lipinski definition) is 6. The predicted octanol–water partition coefficient (Wildman–Crippen LogP) is -0.438. The van der Waals surface area contributed by atoms with Crippen LogP contribution in [0.1, 0.15) is 12.1 Å². The van der Waals surface area contributed by atoms with Gasteiger partial charge in [-0.2, -0.15) is 4.31 Å². The van der Waals surface area contributed by atoms with Gasteiger partial charge in [0.2, 0.25) is 10.0 Å². The van der Waals surface area contributed by atoms with Crippen molar-refractivity contribution in [3.05, 3.63) is 30.1 Å².